The Kier molecular flexibility index (Phi) is 2.56. The molecule has 1 rings (SSSR count). The molecule has 0 aromatic rings. The molecule has 1 aliphatic rings. The van der Waals surface area contributed by atoms with Gasteiger partial charge in [-0.1, -0.05) is 29.5 Å². The fraction of sp³-hybridized carbons (Fsp3) is 1.00. The van der Waals surface area contributed by atoms with Crippen molar-refractivity contribution in [3.05, 3.63) is 0 Å². The van der Waals surface area contributed by atoms with E-state index in [0.29, 0.717) is 6.10 Å². The highest BCUT2D eigenvalue weighted by Crippen LogP contribution is 2.23. The number of alkyl halides is 1. The summed E-state index contributed by atoms with van der Waals surface area (Å²) in [4.78, 5) is 0. The maximum Gasteiger partial charge on any atom is 0.0690 e. The molecule has 0 aliphatic carbocycles. The molecule has 0 aromatic carbocycles. The van der Waals surface area contributed by atoms with Gasteiger partial charge in [-0.05, 0) is 12.8 Å². The second-order valence-electron chi connectivity index (χ2n) is 2.12. The van der Waals surface area contributed by atoms with Crippen LogP contribution in [0.2, 0.25) is 0 Å². The van der Waals surface area contributed by atoms with E-state index in [9.17, 15) is 0 Å². The molecule has 48 valence electrons. The van der Waals surface area contributed by atoms with Crippen molar-refractivity contribution in [1.29, 1.82) is 0 Å². The van der Waals surface area contributed by atoms with Gasteiger partial charge in [0.2, 0.25) is 0 Å². The van der Waals surface area contributed by atoms with Crippen molar-refractivity contribution in [2.75, 3.05) is 6.61 Å². The Morgan fingerprint density at radius 2 is 2.50 bits per heavy atom. The van der Waals surface area contributed by atoms with Gasteiger partial charge >= 0.3 is 0 Å². The lowest BCUT2D eigenvalue weighted by atomic mass is 10.2. The number of hydrogen-bond acceptors (Lipinski definition) is 1. The largest absolute Gasteiger partial charge is 0.377 e. The second-order valence-corrected chi connectivity index (χ2v) is 3.72. The van der Waals surface area contributed by atoms with E-state index in [1.807, 2.05) is 0 Å². The summed E-state index contributed by atoms with van der Waals surface area (Å²) in [6.45, 7) is 3.16. The summed E-state index contributed by atoms with van der Waals surface area (Å²) < 4.78 is 6.18. The highest BCUT2D eigenvalue weighted by Gasteiger charge is 2.23. The van der Waals surface area contributed by atoms with Crippen molar-refractivity contribution in [2.24, 2.45) is 0 Å². The first-order valence-corrected chi connectivity index (χ1v) is 4.35. The molecular formula is C6H11IO. The zero-order valence-corrected chi connectivity index (χ0v) is 7.22. The molecule has 0 unspecified atom stereocenters. The van der Waals surface area contributed by atoms with Gasteiger partial charge in [0.05, 0.1) is 6.10 Å². The lowest BCUT2D eigenvalue weighted by Gasteiger charge is -2.08. The van der Waals surface area contributed by atoms with Crippen LogP contribution in [0.25, 0.3) is 0 Å². The maximum atomic E-state index is 5.41. The molecule has 2 atom stereocenters. The van der Waals surface area contributed by atoms with Crippen LogP contribution in [0.15, 0.2) is 0 Å². The molecule has 0 amide bonds. The minimum Gasteiger partial charge on any atom is -0.377 e. The molecule has 8 heavy (non-hydrogen) atoms. The summed E-state index contributed by atoms with van der Waals surface area (Å²) in [5.41, 5.74) is 0. The molecule has 0 bridgehead atoms. The molecule has 1 nitrogen and oxygen atoms in total. The Labute approximate surface area is 63.9 Å². The number of rotatable bonds is 1. The highest BCUT2D eigenvalue weighted by molar-refractivity contribution is 14.1. The van der Waals surface area contributed by atoms with Gasteiger partial charge in [-0.25, -0.2) is 0 Å². The van der Waals surface area contributed by atoms with Gasteiger partial charge in [0.1, 0.15) is 0 Å². The fourth-order valence-corrected chi connectivity index (χ4v) is 1.97. The topological polar surface area (TPSA) is 9.23 Å². The number of halogens is 1. The van der Waals surface area contributed by atoms with Crippen LogP contribution in [0.4, 0.5) is 0 Å². The molecule has 0 N–H and O–H groups in total. The summed E-state index contributed by atoms with van der Waals surface area (Å²) >= 11 is 2.47. The first-order chi connectivity index (χ1) is 3.84. The molecule has 1 aliphatic heterocycles. The molecule has 0 saturated carbocycles. The minimum atomic E-state index is 0.551. The third-order valence-corrected chi connectivity index (χ3v) is 2.96. The zero-order valence-electron chi connectivity index (χ0n) is 5.06. The van der Waals surface area contributed by atoms with Crippen molar-refractivity contribution >= 4 is 22.6 Å². The SMILES string of the molecule is CC[C@@H]1OCC[C@H]1I. The standard InChI is InChI=1S/C6H11IO/c1-2-6-5(7)3-4-8-6/h5-6H,2-4H2,1H3/t5-,6+/m1/s1. The predicted octanol–water partition coefficient (Wildman–Crippen LogP) is 1.99. The number of ether oxygens (including phenoxy) is 1. The van der Waals surface area contributed by atoms with Crippen molar-refractivity contribution in [3.63, 3.8) is 0 Å². The van der Waals surface area contributed by atoms with E-state index in [1.54, 1.807) is 0 Å². The van der Waals surface area contributed by atoms with Gasteiger partial charge in [-0.3, -0.25) is 0 Å². The molecule has 0 radical (unpaired) electrons. The Hall–Kier alpha value is 0.690. The van der Waals surface area contributed by atoms with E-state index in [-0.39, 0.29) is 0 Å². The van der Waals surface area contributed by atoms with E-state index in [2.05, 4.69) is 29.5 Å². The van der Waals surface area contributed by atoms with Crippen LogP contribution < -0.4 is 0 Å². The van der Waals surface area contributed by atoms with Crippen LogP contribution in [-0.4, -0.2) is 16.6 Å². The van der Waals surface area contributed by atoms with Gasteiger partial charge in [-0.15, -0.1) is 0 Å². The lowest BCUT2D eigenvalue weighted by molar-refractivity contribution is 0.112. The Bertz CT molecular complexity index is 74.9. The van der Waals surface area contributed by atoms with Crippen LogP contribution in [0.5, 0.6) is 0 Å². The van der Waals surface area contributed by atoms with E-state index in [0.717, 1.165) is 10.5 Å². The summed E-state index contributed by atoms with van der Waals surface area (Å²) in [6, 6.07) is 0. The van der Waals surface area contributed by atoms with Crippen LogP contribution in [-0.2, 0) is 4.74 Å². The van der Waals surface area contributed by atoms with Gasteiger partial charge in [0.25, 0.3) is 0 Å². The van der Waals surface area contributed by atoms with Crippen molar-refractivity contribution in [1.82, 2.24) is 0 Å². The molecule has 0 aromatic heterocycles. The van der Waals surface area contributed by atoms with Crippen molar-refractivity contribution < 1.29 is 4.74 Å². The van der Waals surface area contributed by atoms with E-state index >= 15 is 0 Å². The first kappa shape index (κ1) is 6.81. The monoisotopic (exact) mass is 226 g/mol. The quantitative estimate of drug-likeness (QED) is 0.490. The highest BCUT2D eigenvalue weighted by atomic mass is 127. The maximum absolute atomic E-state index is 5.41. The lowest BCUT2D eigenvalue weighted by Crippen LogP contribution is -2.12. The van der Waals surface area contributed by atoms with Crippen LogP contribution >= 0.6 is 22.6 Å². The zero-order chi connectivity index (χ0) is 5.98. The van der Waals surface area contributed by atoms with Gasteiger partial charge in [0, 0.05) is 10.5 Å². The first-order valence-electron chi connectivity index (χ1n) is 3.10. The summed E-state index contributed by atoms with van der Waals surface area (Å²) in [7, 11) is 0. The third kappa shape index (κ3) is 1.35. The molecule has 1 heterocycles. The average Bonchev–Trinajstić information content (AvgIpc) is 2.14. The molecular weight excluding hydrogens is 215 g/mol. The van der Waals surface area contributed by atoms with E-state index in [1.165, 1.54) is 12.8 Å². The minimum absolute atomic E-state index is 0.551. The van der Waals surface area contributed by atoms with Crippen LogP contribution in [0.3, 0.4) is 0 Å². The van der Waals surface area contributed by atoms with Crippen LogP contribution in [0.1, 0.15) is 19.8 Å². The predicted molar refractivity (Wildman–Crippen MR) is 42.5 cm³/mol. The Morgan fingerprint density at radius 1 is 1.75 bits per heavy atom. The van der Waals surface area contributed by atoms with Gasteiger partial charge in [-0.2, -0.15) is 0 Å². The summed E-state index contributed by atoms with van der Waals surface area (Å²) in [5.74, 6) is 0. The Balaban J connectivity index is 2.30. The molecule has 2 heteroatoms. The smallest absolute Gasteiger partial charge is 0.0690 e. The van der Waals surface area contributed by atoms with E-state index in [4.69, 9.17) is 4.74 Å². The second kappa shape index (κ2) is 3.01. The van der Waals surface area contributed by atoms with Gasteiger partial charge in [0.15, 0.2) is 0 Å². The van der Waals surface area contributed by atoms with Gasteiger partial charge < -0.3 is 4.74 Å². The van der Waals surface area contributed by atoms with Crippen molar-refractivity contribution in [2.45, 2.75) is 29.8 Å². The molecule has 0 spiro atoms. The van der Waals surface area contributed by atoms with Crippen molar-refractivity contribution in [3.8, 4) is 0 Å². The summed E-state index contributed by atoms with van der Waals surface area (Å²) in [5, 5.41) is 0. The Morgan fingerprint density at radius 3 is 2.75 bits per heavy atom. The summed E-state index contributed by atoms with van der Waals surface area (Å²) in [6.07, 6.45) is 2.97. The average molecular weight is 226 g/mol. The number of hydrogen-bond donors (Lipinski definition) is 0. The fourth-order valence-electron chi connectivity index (χ4n) is 0.996. The molecule has 1 fully saturated rings. The normalized spacial score (nSPS) is 38.2. The molecule has 1 saturated heterocycles. The van der Waals surface area contributed by atoms with E-state index < -0.39 is 0 Å². The van der Waals surface area contributed by atoms with Crippen LogP contribution in [0, 0.1) is 0 Å². The third-order valence-electron chi connectivity index (χ3n) is 1.53.